The van der Waals surface area contributed by atoms with E-state index in [1.807, 2.05) is 0 Å². The number of nitrogens with one attached hydrogen (secondary N) is 3. The normalized spacial score (nSPS) is 10.2. The third-order valence-electron chi connectivity index (χ3n) is 2.71. The van der Waals surface area contributed by atoms with Gasteiger partial charge < -0.3 is 10.1 Å². The second-order valence-corrected chi connectivity index (χ2v) is 5.29. The number of ether oxygens (including phenoxy) is 1. The lowest BCUT2D eigenvalue weighted by molar-refractivity contribution is -0.0498. The zero-order chi connectivity index (χ0) is 17.5. The highest BCUT2D eigenvalue weighted by Crippen LogP contribution is 2.15. The van der Waals surface area contributed by atoms with Gasteiger partial charge in [-0.15, -0.1) is 0 Å². The fourth-order valence-corrected chi connectivity index (χ4v) is 2.06. The van der Waals surface area contributed by atoms with E-state index in [9.17, 15) is 13.6 Å². The number of hydrazine groups is 1. The predicted molar refractivity (Wildman–Crippen MR) is 91.3 cm³/mol. The molecule has 0 aliphatic heterocycles. The van der Waals surface area contributed by atoms with Gasteiger partial charge >= 0.3 is 6.61 Å². The molecule has 0 radical (unpaired) electrons. The number of carbonyl (C=O) groups is 1. The number of benzene rings is 2. The Morgan fingerprint density at radius 3 is 2.46 bits per heavy atom. The summed E-state index contributed by atoms with van der Waals surface area (Å²) < 4.78 is 28.3. The second-order valence-electron chi connectivity index (χ2n) is 4.45. The second kappa shape index (κ2) is 8.42. The summed E-state index contributed by atoms with van der Waals surface area (Å²) in [6.45, 7) is -2.92. The fraction of sp³-hybridized carbons (Fsp3) is 0.0667. The number of hydrogen-bond donors (Lipinski definition) is 3. The van der Waals surface area contributed by atoms with Crippen molar-refractivity contribution in [3.63, 3.8) is 0 Å². The molecule has 0 unspecified atom stereocenters. The molecule has 2 rings (SSSR count). The summed E-state index contributed by atoms with van der Waals surface area (Å²) in [7, 11) is 0. The molecule has 9 heteroatoms. The molecular formula is C15H12ClF2N3O2S. The van der Waals surface area contributed by atoms with Crippen molar-refractivity contribution >= 4 is 40.5 Å². The number of hydrogen-bond acceptors (Lipinski definition) is 3. The van der Waals surface area contributed by atoms with Gasteiger partial charge in [-0.2, -0.15) is 8.78 Å². The molecule has 126 valence electrons. The lowest BCUT2D eigenvalue weighted by atomic mass is 10.2. The SMILES string of the molecule is O=C(NNC(=S)Nc1cccc(Cl)c1)c1ccc(OC(F)F)cc1. The smallest absolute Gasteiger partial charge is 0.387 e. The van der Waals surface area contributed by atoms with Crippen LogP contribution in [0.25, 0.3) is 0 Å². The Kier molecular flexibility index (Phi) is 6.28. The van der Waals surface area contributed by atoms with Gasteiger partial charge in [0.05, 0.1) is 0 Å². The van der Waals surface area contributed by atoms with Gasteiger partial charge in [-0.3, -0.25) is 15.6 Å². The van der Waals surface area contributed by atoms with E-state index in [2.05, 4.69) is 20.9 Å². The van der Waals surface area contributed by atoms with Crippen LogP contribution in [0.15, 0.2) is 48.5 Å². The molecule has 0 saturated heterocycles. The number of alkyl halides is 2. The van der Waals surface area contributed by atoms with Gasteiger partial charge in [-0.25, -0.2) is 0 Å². The Hall–Kier alpha value is -2.45. The average Bonchev–Trinajstić information content (AvgIpc) is 2.53. The molecule has 0 fully saturated rings. The number of anilines is 1. The Bertz CT molecular complexity index is 729. The van der Waals surface area contributed by atoms with E-state index in [0.29, 0.717) is 10.7 Å². The lowest BCUT2D eigenvalue weighted by Crippen LogP contribution is -2.43. The standard InChI is InChI=1S/C15H12ClF2N3O2S/c16-10-2-1-3-11(8-10)19-15(24)21-20-13(22)9-4-6-12(7-5-9)23-14(17)18/h1-8,14H,(H,20,22)(H2,19,21,24). The minimum absolute atomic E-state index is 0.0346. The van der Waals surface area contributed by atoms with Crippen LogP contribution in [0.1, 0.15) is 10.4 Å². The van der Waals surface area contributed by atoms with Crippen LogP contribution in [0.3, 0.4) is 0 Å². The molecule has 1 amide bonds. The van der Waals surface area contributed by atoms with E-state index in [4.69, 9.17) is 23.8 Å². The van der Waals surface area contributed by atoms with Gasteiger partial charge in [0.2, 0.25) is 0 Å². The molecule has 0 atom stereocenters. The molecule has 24 heavy (non-hydrogen) atoms. The van der Waals surface area contributed by atoms with Gasteiger partial charge in [0.15, 0.2) is 5.11 Å². The van der Waals surface area contributed by atoms with Crippen LogP contribution in [-0.4, -0.2) is 17.6 Å². The van der Waals surface area contributed by atoms with Crippen LogP contribution in [0.2, 0.25) is 5.02 Å². The van der Waals surface area contributed by atoms with Gasteiger partial charge in [-0.05, 0) is 54.7 Å². The lowest BCUT2D eigenvalue weighted by Gasteiger charge is -2.12. The maximum atomic E-state index is 12.1. The van der Waals surface area contributed by atoms with E-state index in [-0.39, 0.29) is 16.4 Å². The van der Waals surface area contributed by atoms with Gasteiger partial charge in [0.25, 0.3) is 5.91 Å². The molecule has 0 aromatic heterocycles. The highest BCUT2D eigenvalue weighted by Gasteiger charge is 2.08. The van der Waals surface area contributed by atoms with Crippen molar-refractivity contribution in [3.8, 4) is 5.75 Å². The summed E-state index contributed by atoms with van der Waals surface area (Å²) >= 11 is 10.9. The summed E-state index contributed by atoms with van der Waals surface area (Å²) in [6, 6.07) is 12.1. The summed E-state index contributed by atoms with van der Waals surface area (Å²) in [6.07, 6.45) is 0. The summed E-state index contributed by atoms with van der Waals surface area (Å²) in [5, 5.41) is 3.53. The third-order valence-corrected chi connectivity index (χ3v) is 3.15. The topological polar surface area (TPSA) is 62.4 Å². The molecule has 0 heterocycles. The van der Waals surface area contributed by atoms with Crippen LogP contribution in [0, 0.1) is 0 Å². The van der Waals surface area contributed by atoms with E-state index in [1.165, 1.54) is 24.3 Å². The Morgan fingerprint density at radius 1 is 1.12 bits per heavy atom. The summed E-state index contributed by atoms with van der Waals surface area (Å²) in [5.41, 5.74) is 5.80. The molecular weight excluding hydrogens is 360 g/mol. The molecule has 0 spiro atoms. The number of rotatable bonds is 4. The zero-order valence-electron chi connectivity index (χ0n) is 12.1. The number of thiocarbonyl (C=S) groups is 1. The van der Waals surface area contributed by atoms with Crippen molar-refractivity contribution in [2.24, 2.45) is 0 Å². The van der Waals surface area contributed by atoms with E-state index in [1.54, 1.807) is 24.3 Å². The third kappa shape index (κ3) is 5.64. The van der Waals surface area contributed by atoms with Crippen molar-refractivity contribution in [1.29, 1.82) is 0 Å². The first-order valence-electron chi connectivity index (χ1n) is 6.62. The minimum atomic E-state index is -2.92. The van der Waals surface area contributed by atoms with Crippen molar-refractivity contribution in [3.05, 3.63) is 59.1 Å². The first-order chi connectivity index (χ1) is 11.4. The van der Waals surface area contributed by atoms with E-state index in [0.717, 1.165) is 0 Å². The summed E-state index contributed by atoms with van der Waals surface area (Å²) in [5.74, 6) is -0.526. The molecule has 5 nitrogen and oxygen atoms in total. The molecule has 0 saturated carbocycles. The highest BCUT2D eigenvalue weighted by atomic mass is 35.5. The van der Waals surface area contributed by atoms with Crippen molar-refractivity contribution < 1.29 is 18.3 Å². The number of halogens is 3. The van der Waals surface area contributed by atoms with Crippen LogP contribution in [0.4, 0.5) is 14.5 Å². The Morgan fingerprint density at radius 2 is 1.83 bits per heavy atom. The maximum Gasteiger partial charge on any atom is 0.387 e. The van der Waals surface area contributed by atoms with Crippen LogP contribution >= 0.6 is 23.8 Å². The predicted octanol–water partition coefficient (Wildman–Crippen LogP) is 3.57. The number of carbonyl (C=O) groups excluding carboxylic acids is 1. The molecule has 0 bridgehead atoms. The van der Waals surface area contributed by atoms with Gasteiger partial charge in [0, 0.05) is 16.3 Å². The Balaban J connectivity index is 1.85. The first-order valence-corrected chi connectivity index (χ1v) is 7.40. The minimum Gasteiger partial charge on any atom is -0.435 e. The fourth-order valence-electron chi connectivity index (χ4n) is 1.70. The van der Waals surface area contributed by atoms with Crippen molar-refractivity contribution in [1.82, 2.24) is 10.9 Å². The Labute approximate surface area is 146 Å². The zero-order valence-corrected chi connectivity index (χ0v) is 13.6. The molecule has 3 N–H and O–H groups in total. The van der Waals surface area contributed by atoms with Crippen LogP contribution in [0.5, 0.6) is 5.75 Å². The first kappa shape index (κ1) is 17.9. The molecule has 2 aromatic carbocycles. The van der Waals surface area contributed by atoms with E-state index >= 15 is 0 Å². The largest absolute Gasteiger partial charge is 0.435 e. The van der Waals surface area contributed by atoms with E-state index < -0.39 is 12.5 Å². The van der Waals surface area contributed by atoms with Crippen LogP contribution < -0.4 is 20.9 Å². The van der Waals surface area contributed by atoms with Crippen molar-refractivity contribution in [2.75, 3.05) is 5.32 Å². The maximum absolute atomic E-state index is 12.1. The molecule has 0 aliphatic rings. The average molecular weight is 372 g/mol. The molecule has 2 aromatic rings. The van der Waals surface area contributed by atoms with Gasteiger partial charge in [-0.1, -0.05) is 17.7 Å². The molecule has 0 aliphatic carbocycles. The highest BCUT2D eigenvalue weighted by molar-refractivity contribution is 7.80. The number of amides is 1. The monoisotopic (exact) mass is 371 g/mol. The van der Waals surface area contributed by atoms with Gasteiger partial charge in [0.1, 0.15) is 5.75 Å². The summed E-state index contributed by atoms with van der Waals surface area (Å²) in [4.78, 5) is 11.9. The quantitative estimate of drug-likeness (QED) is 0.566. The van der Waals surface area contributed by atoms with Crippen molar-refractivity contribution in [2.45, 2.75) is 6.61 Å². The van der Waals surface area contributed by atoms with Crippen LogP contribution in [-0.2, 0) is 0 Å².